The molecule has 1 heterocycles. The van der Waals surface area contributed by atoms with E-state index in [9.17, 15) is 8.42 Å². The van der Waals surface area contributed by atoms with E-state index in [4.69, 9.17) is 5.73 Å². The highest BCUT2D eigenvalue weighted by atomic mass is 35.5. The molecule has 1 aliphatic carbocycles. The topological polar surface area (TPSA) is 66.6 Å². The van der Waals surface area contributed by atoms with Crippen molar-refractivity contribution in [2.24, 2.45) is 11.7 Å². The molecule has 1 saturated carbocycles. The highest BCUT2D eigenvalue weighted by Crippen LogP contribution is 2.32. The zero-order valence-corrected chi connectivity index (χ0v) is 17.7. The van der Waals surface area contributed by atoms with Gasteiger partial charge in [-0.05, 0) is 56.0 Å². The quantitative estimate of drug-likeness (QED) is 0.793. The second-order valence-corrected chi connectivity index (χ2v) is 8.92. The second kappa shape index (κ2) is 9.53. The van der Waals surface area contributed by atoms with E-state index < -0.39 is 10.0 Å². The number of rotatable bonds is 5. The fourth-order valence-corrected chi connectivity index (χ4v) is 4.44. The van der Waals surface area contributed by atoms with Gasteiger partial charge in [0, 0.05) is 32.2 Å². The van der Waals surface area contributed by atoms with Crippen LogP contribution in [0.4, 0.5) is 0 Å². The van der Waals surface area contributed by atoms with Gasteiger partial charge in [0.05, 0.1) is 4.90 Å². The first-order valence-electron chi connectivity index (χ1n) is 8.64. The largest absolute Gasteiger partial charge is 0.324 e. The van der Waals surface area contributed by atoms with Crippen LogP contribution in [0.2, 0.25) is 0 Å². The SMILES string of the molecule is C[C@H](N)c1ccc(S(=O)(=O)N2CCN(C)CC2)cc1/C=C/C1CC1.Cl.Cl. The molecule has 0 unspecified atom stereocenters. The van der Waals surface area contributed by atoms with Gasteiger partial charge in [0.25, 0.3) is 0 Å². The van der Waals surface area contributed by atoms with Crippen molar-refractivity contribution in [1.29, 1.82) is 0 Å². The number of nitrogens with two attached hydrogens (primary N) is 1. The highest BCUT2D eigenvalue weighted by Gasteiger charge is 2.28. The lowest BCUT2D eigenvalue weighted by Crippen LogP contribution is -2.47. The van der Waals surface area contributed by atoms with E-state index >= 15 is 0 Å². The predicted octanol–water partition coefficient (Wildman–Crippen LogP) is 2.91. The molecule has 0 amide bonds. The lowest BCUT2D eigenvalue weighted by Gasteiger charge is -2.31. The van der Waals surface area contributed by atoms with Crippen LogP contribution in [0.5, 0.6) is 0 Å². The summed E-state index contributed by atoms with van der Waals surface area (Å²) >= 11 is 0. The van der Waals surface area contributed by atoms with Crippen molar-refractivity contribution in [1.82, 2.24) is 9.21 Å². The van der Waals surface area contributed by atoms with Crippen LogP contribution in [0.25, 0.3) is 6.08 Å². The molecule has 2 aliphatic rings. The highest BCUT2D eigenvalue weighted by molar-refractivity contribution is 7.89. The molecule has 5 nitrogen and oxygen atoms in total. The van der Waals surface area contributed by atoms with Crippen LogP contribution in [-0.4, -0.2) is 50.8 Å². The summed E-state index contributed by atoms with van der Waals surface area (Å²) in [6, 6.07) is 5.22. The maximum Gasteiger partial charge on any atom is 0.243 e. The molecule has 148 valence electrons. The summed E-state index contributed by atoms with van der Waals surface area (Å²) in [4.78, 5) is 2.52. The summed E-state index contributed by atoms with van der Waals surface area (Å²) in [7, 11) is -1.43. The summed E-state index contributed by atoms with van der Waals surface area (Å²) in [6.45, 7) is 4.55. The van der Waals surface area contributed by atoms with Crippen LogP contribution in [0, 0.1) is 5.92 Å². The number of nitrogens with zero attached hydrogens (tertiary/aromatic N) is 2. The number of likely N-dealkylation sites (N-methyl/N-ethyl adjacent to an activating group) is 1. The molecule has 0 spiro atoms. The van der Waals surface area contributed by atoms with Crippen LogP contribution >= 0.6 is 24.8 Å². The van der Waals surface area contributed by atoms with Gasteiger partial charge in [-0.25, -0.2) is 8.42 Å². The Kier molecular flexibility index (Phi) is 8.58. The Hall–Kier alpha value is -0.630. The normalized spacial score (nSPS) is 20.4. The maximum absolute atomic E-state index is 12.9. The molecule has 26 heavy (non-hydrogen) atoms. The number of hydrogen-bond acceptors (Lipinski definition) is 4. The van der Waals surface area contributed by atoms with Gasteiger partial charge in [-0.3, -0.25) is 0 Å². The Morgan fingerprint density at radius 3 is 2.31 bits per heavy atom. The molecule has 2 fully saturated rings. The molecule has 1 aromatic carbocycles. The average Bonchev–Trinajstić information content (AvgIpc) is 3.37. The Morgan fingerprint density at radius 1 is 1.15 bits per heavy atom. The fourth-order valence-electron chi connectivity index (χ4n) is 2.98. The molecule has 8 heteroatoms. The molecule has 0 radical (unpaired) electrons. The minimum atomic E-state index is -3.44. The molecular weight excluding hydrogens is 393 g/mol. The smallest absolute Gasteiger partial charge is 0.243 e. The van der Waals surface area contributed by atoms with Gasteiger partial charge in [0.2, 0.25) is 10.0 Å². The van der Waals surface area contributed by atoms with Crippen molar-refractivity contribution in [2.75, 3.05) is 33.2 Å². The van der Waals surface area contributed by atoms with Gasteiger partial charge >= 0.3 is 0 Å². The molecule has 1 atom stereocenters. The Balaban J connectivity index is 0.00000169. The summed E-state index contributed by atoms with van der Waals surface area (Å²) in [5, 5.41) is 0. The van der Waals surface area contributed by atoms with Crippen LogP contribution in [0.3, 0.4) is 0 Å². The molecule has 1 aromatic rings. The van der Waals surface area contributed by atoms with Crippen LogP contribution in [-0.2, 0) is 10.0 Å². The van der Waals surface area contributed by atoms with E-state index in [-0.39, 0.29) is 30.9 Å². The number of benzene rings is 1. The number of halogens is 2. The van der Waals surface area contributed by atoms with Crippen molar-refractivity contribution in [3.63, 3.8) is 0 Å². The van der Waals surface area contributed by atoms with Gasteiger partial charge in [-0.15, -0.1) is 24.8 Å². The van der Waals surface area contributed by atoms with Crippen molar-refractivity contribution in [3.05, 3.63) is 35.4 Å². The minimum absolute atomic E-state index is 0. The maximum atomic E-state index is 12.9. The van der Waals surface area contributed by atoms with Gasteiger partial charge in [-0.1, -0.05) is 18.2 Å². The average molecular weight is 422 g/mol. The first-order valence-corrected chi connectivity index (χ1v) is 10.1. The summed E-state index contributed by atoms with van der Waals surface area (Å²) < 4.78 is 27.4. The minimum Gasteiger partial charge on any atom is -0.324 e. The van der Waals surface area contributed by atoms with Gasteiger partial charge in [0.1, 0.15) is 0 Å². The third-order valence-corrected chi connectivity index (χ3v) is 6.71. The first-order chi connectivity index (χ1) is 11.4. The zero-order chi connectivity index (χ0) is 17.3. The number of sulfonamides is 1. The van der Waals surface area contributed by atoms with Gasteiger partial charge in [-0.2, -0.15) is 4.31 Å². The monoisotopic (exact) mass is 421 g/mol. The number of hydrogen-bond donors (Lipinski definition) is 1. The Bertz CT molecular complexity index is 726. The van der Waals surface area contributed by atoms with Crippen molar-refractivity contribution < 1.29 is 8.42 Å². The zero-order valence-electron chi connectivity index (χ0n) is 15.3. The van der Waals surface area contributed by atoms with E-state index in [1.165, 1.54) is 12.8 Å². The van der Waals surface area contributed by atoms with E-state index in [0.29, 0.717) is 23.9 Å². The standard InChI is InChI=1S/C18H27N3O2S.2ClH/c1-14(19)18-8-7-17(13-16(18)6-5-15-3-4-15)24(22,23)21-11-9-20(2)10-12-21;;/h5-8,13-15H,3-4,9-12,19H2,1-2H3;2*1H/b6-5+;;/t14-;;/m0../s1. The van der Waals surface area contributed by atoms with Crippen molar-refractivity contribution in [2.45, 2.75) is 30.7 Å². The van der Waals surface area contributed by atoms with Crippen molar-refractivity contribution >= 4 is 40.9 Å². The van der Waals surface area contributed by atoms with Crippen LogP contribution < -0.4 is 5.73 Å². The Morgan fingerprint density at radius 2 is 1.77 bits per heavy atom. The summed E-state index contributed by atoms with van der Waals surface area (Å²) in [5.74, 6) is 0.642. The van der Waals surface area contributed by atoms with Crippen LogP contribution in [0.1, 0.15) is 36.9 Å². The summed E-state index contributed by atoms with van der Waals surface area (Å²) in [6.07, 6.45) is 6.67. The molecule has 0 aromatic heterocycles. The van der Waals surface area contributed by atoms with E-state index in [0.717, 1.165) is 24.2 Å². The summed E-state index contributed by atoms with van der Waals surface area (Å²) in [5.41, 5.74) is 7.97. The fraction of sp³-hybridized carbons (Fsp3) is 0.556. The number of allylic oxidation sites excluding steroid dienone is 1. The molecule has 1 aliphatic heterocycles. The van der Waals surface area contributed by atoms with Crippen molar-refractivity contribution in [3.8, 4) is 0 Å². The first kappa shape index (κ1) is 23.4. The number of piperazine rings is 1. The molecule has 1 saturated heterocycles. The van der Waals surface area contributed by atoms with E-state index in [2.05, 4.69) is 11.0 Å². The van der Waals surface area contributed by atoms with Gasteiger partial charge < -0.3 is 10.6 Å². The second-order valence-electron chi connectivity index (χ2n) is 6.98. The Labute approximate surface area is 169 Å². The molecule has 3 rings (SSSR count). The lowest BCUT2D eigenvalue weighted by molar-refractivity contribution is 0.222. The van der Waals surface area contributed by atoms with E-state index in [1.807, 2.05) is 26.1 Å². The van der Waals surface area contributed by atoms with Gasteiger partial charge in [0.15, 0.2) is 0 Å². The predicted molar refractivity (Wildman–Crippen MR) is 112 cm³/mol. The third-order valence-electron chi connectivity index (χ3n) is 4.82. The lowest BCUT2D eigenvalue weighted by atomic mass is 10.0. The van der Waals surface area contributed by atoms with E-state index in [1.54, 1.807) is 16.4 Å². The molecule has 0 bridgehead atoms. The molecule has 2 N–H and O–H groups in total. The molecular formula is C18H29Cl2N3O2S. The third kappa shape index (κ3) is 5.44. The van der Waals surface area contributed by atoms with Crippen LogP contribution in [0.15, 0.2) is 29.2 Å².